The van der Waals surface area contributed by atoms with Gasteiger partial charge in [-0.15, -0.1) is 0 Å². The van der Waals surface area contributed by atoms with Gasteiger partial charge in [-0.3, -0.25) is 28.9 Å². The molecule has 0 aliphatic carbocycles. The first-order valence-electron chi connectivity index (χ1n) is 15.7. The van der Waals surface area contributed by atoms with Crippen molar-refractivity contribution in [1.29, 1.82) is 0 Å². The van der Waals surface area contributed by atoms with E-state index in [1.807, 2.05) is 0 Å². The number of hydrogen-bond acceptors (Lipinski definition) is 8. The highest BCUT2D eigenvalue weighted by Crippen LogP contribution is 2.57. The lowest BCUT2D eigenvalue weighted by molar-refractivity contribution is -0.288. The number of fused-ring (bicyclic) bond motifs is 2. The van der Waals surface area contributed by atoms with Gasteiger partial charge in [-0.05, 0) is 86.3 Å². The quantitative estimate of drug-likeness (QED) is 0.105. The summed E-state index contributed by atoms with van der Waals surface area (Å²) >= 11 is 0. The summed E-state index contributed by atoms with van der Waals surface area (Å²) < 4.78 is 100. The molecule has 2 aliphatic rings. The molecule has 0 atom stereocenters. The SMILES string of the molecule is CCC(C)(C)C(=O)OCCOC(=O)c1cc(C)cc(N2C(=O)c3ccc(C(c4ccc5c(c4)C(=O)N(C)C5=O)(C(F)(F)F)C(F)(F)F)cc3C2=O)c1. The number of amides is 4. The fourth-order valence-corrected chi connectivity index (χ4v) is 5.99. The van der Waals surface area contributed by atoms with E-state index in [9.17, 15) is 55.1 Å². The summed E-state index contributed by atoms with van der Waals surface area (Å²) in [6.45, 7) is 6.05. The molecule has 0 fully saturated rings. The number of anilines is 1. The third-order valence-corrected chi connectivity index (χ3v) is 9.23. The molecule has 5 rings (SSSR count). The second kappa shape index (κ2) is 12.9. The smallest absolute Gasteiger partial charge is 0.411 e. The lowest BCUT2D eigenvalue weighted by Gasteiger charge is -2.38. The molecule has 0 radical (unpaired) electrons. The van der Waals surface area contributed by atoms with Gasteiger partial charge in [-0.1, -0.05) is 19.1 Å². The third-order valence-electron chi connectivity index (χ3n) is 9.23. The molecule has 4 amide bonds. The first-order valence-corrected chi connectivity index (χ1v) is 15.7. The molecule has 0 spiro atoms. The van der Waals surface area contributed by atoms with Gasteiger partial charge in [0.25, 0.3) is 23.6 Å². The lowest BCUT2D eigenvalue weighted by Crippen LogP contribution is -2.55. The van der Waals surface area contributed by atoms with Crippen molar-refractivity contribution in [2.24, 2.45) is 5.41 Å². The van der Waals surface area contributed by atoms with Gasteiger partial charge in [0.05, 0.1) is 38.9 Å². The molecular formula is C36H30F6N2O8. The van der Waals surface area contributed by atoms with Crippen LogP contribution in [0.3, 0.4) is 0 Å². The van der Waals surface area contributed by atoms with E-state index in [4.69, 9.17) is 9.47 Å². The van der Waals surface area contributed by atoms with Crippen molar-refractivity contribution in [2.75, 3.05) is 25.2 Å². The van der Waals surface area contributed by atoms with Gasteiger partial charge in [0.1, 0.15) is 13.2 Å². The van der Waals surface area contributed by atoms with E-state index in [2.05, 4.69) is 0 Å². The van der Waals surface area contributed by atoms with E-state index in [-0.39, 0.29) is 30.0 Å². The Kier molecular flexibility index (Phi) is 9.36. The van der Waals surface area contributed by atoms with Gasteiger partial charge >= 0.3 is 24.3 Å². The molecule has 274 valence electrons. The molecule has 0 unspecified atom stereocenters. The van der Waals surface area contributed by atoms with Gasteiger partial charge in [0.15, 0.2) is 0 Å². The summed E-state index contributed by atoms with van der Waals surface area (Å²) in [6.07, 6.45) is -11.7. The van der Waals surface area contributed by atoms with E-state index in [0.717, 1.165) is 13.1 Å². The van der Waals surface area contributed by atoms with Crippen LogP contribution in [0.15, 0.2) is 54.6 Å². The molecule has 0 saturated heterocycles. The number of esters is 2. The Morgan fingerprint density at radius 1 is 0.673 bits per heavy atom. The Morgan fingerprint density at radius 3 is 1.69 bits per heavy atom. The van der Waals surface area contributed by atoms with Crippen molar-refractivity contribution in [3.63, 3.8) is 0 Å². The molecule has 0 aromatic heterocycles. The van der Waals surface area contributed by atoms with Crippen LogP contribution in [-0.4, -0.2) is 73.1 Å². The molecule has 0 N–H and O–H groups in total. The summed E-state index contributed by atoms with van der Waals surface area (Å²) in [5.74, 6) is -5.82. The molecule has 16 heteroatoms. The number of aryl methyl sites for hydroxylation is 1. The van der Waals surface area contributed by atoms with Crippen molar-refractivity contribution in [3.8, 4) is 0 Å². The van der Waals surface area contributed by atoms with E-state index in [0.29, 0.717) is 58.2 Å². The molecule has 3 aromatic carbocycles. The predicted molar refractivity (Wildman–Crippen MR) is 170 cm³/mol. The maximum atomic E-state index is 15.0. The van der Waals surface area contributed by atoms with Crippen molar-refractivity contribution in [3.05, 3.63) is 99.1 Å². The monoisotopic (exact) mass is 732 g/mol. The van der Waals surface area contributed by atoms with Crippen LogP contribution in [0, 0.1) is 12.3 Å². The number of halogens is 6. The molecule has 0 bridgehead atoms. The van der Waals surface area contributed by atoms with Crippen molar-refractivity contribution >= 4 is 41.3 Å². The number of benzene rings is 3. The Labute approximate surface area is 292 Å². The maximum absolute atomic E-state index is 15.0. The molecular weight excluding hydrogens is 702 g/mol. The largest absolute Gasteiger partial charge is 0.462 e. The summed E-state index contributed by atoms with van der Waals surface area (Å²) in [5.41, 5.74) is -10.9. The zero-order chi connectivity index (χ0) is 38.7. The number of carbonyl (C=O) groups is 6. The van der Waals surface area contributed by atoms with E-state index < -0.39 is 86.6 Å². The number of hydrogen-bond donors (Lipinski definition) is 0. The molecule has 0 saturated carbocycles. The second-order valence-electron chi connectivity index (χ2n) is 12.9. The fourth-order valence-electron chi connectivity index (χ4n) is 5.99. The average Bonchev–Trinajstić information content (AvgIpc) is 3.44. The normalized spacial score (nSPS) is 14.9. The highest BCUT2D eigenvalue weighted by Gasteiger charge is 2.73. The summed E-state index contributed by atoms with van der Waals surface area (Å²) in [4.78, 5) is 78.0. The van der Waals surface area contributed by atoms with Crippen LogP contribution in [-0.2, 0) is 19.7 Å². The zero-order valence-corrected chi connectivity index (χ0v) is 28.2. The van der Waals surface area contributed by atoms with Crippen LogP contribution in [0.2, 0.25) is 0 Å². The van der Waals surface area contributed by atoms with E-state index >= 15 is 0 Å². The molecule has 52 heavy (non-hydrogen) atoms. The number of carbonyl (C=O) groups excluding carboxylic acids is 6. The minimum absolute atomic E-state index is 0.157. The molecule has 2 aliphatic heterocycles. The molecule has 10 nitrogen and oxygen atoms in total. The second-order valence-corrected chi connectivity index (χ2v) is 12.9. The highest BCUT2D eigenvalue weighted by atomic mass is 19.4. The topological polar surface area (TPSA) is 127 Å². The van der Waals surface area contributed by atoms with E-state index in [1.54, 1.807) is 20.8 Å². The van der Waals surface area contributed by atoms with Gasteiger partial charge in [0, 0.05) is 7.05 Å². The van der Waals surface area contributed by atoms with Crippen LogP contribution >= 0.6 is 0 Å². The number of alkyl halides is 6. The maximum Gasteiger partial charge on any atom is 0.411 e. The Morgan fingerprint density at radius 2 is 1.15 bits per heavy atom. The highest BCUT2D eigenvalue weighted by molar-refractivity contribution is 6.34. The molecule has 2 heterocycles. The van der Waals surface area contributed by atoms with Gasteiger partial charge in [-0.2, -0.15) is 26.3 Å². The van der Waals surface area contributed by atoms with Crippen LogP contribution in [0.1, 0.15) is 95.7 Å². The summed E-state index contributed by atoms with van der Waals surface area (Å²) in [7, 11) is 1.02. The Hall–Kier alpha value is -5.54. The average molecular weight is 733 g/mol. The van der Waals surface area contributed by atoms with Crippen molar-refractivity contribution in [2.45, 2.75) is 51.9 Å². The lowest BCUT2D eigenvalue weighted by atomic mass is 9.71. The van der Waals surface area contributed by atoms with Crippen LogP contribution in [0.4, 0.5) is 32.0 Å². The van der Waals surface area contributed by atoms with Crippen LogP contribution in [0.25, 0.3) is 0 Å². The minimum Gasteiger partial charge on any atom is -0.462 e. The third kappa shape index (κ3) is 5.98. The van der Waals surface area contributed by atoms with Crippen molar-refractivity contribution in [1.82, 2.24) is 4.90 Å². The Balaban J connectivity index is 1.50. The zero-order valence-electron chi connectivity index (χ0n) is 28.2. The first-order chi connectivity index (χ1) is 24.1. The summed E-state index contributed by atoms with van der Waals surface area (Å²) in [6, 6.07) is 6.65. The standard InChI is InChI=1S/C36H30F6N2O8/c1-6-33(3,4)32(50)52-12-11-51-31(49)19-13-18(2)14-22(15-19)44-29(47)24-10-8-21(17-26(24)30(44)48)34(35(37,38)39,36(40,41)42)20-7-9-23-25(16-20)28(46)43(5)27(23)45/h7-10,13-17H,6,11-12H2,1-5H3. The Bertz CT molecular complexity index is 2040. The van der Waals surface area contributed by atoms with Crippen LogP contribution in [0.5, 0.6) is 0 Å². The first kappa shape index (κ1) is 37.7. The van der Waals surface area contributed by atoms with Gasteiger partial charge in [0.2, 0.25) is 5.41 Å². The number of nitrogens with zero attached hydrogens (tertiary/aromatic N) is 2. The van der Waals surface area contributed by atoms with E-state index in [1.165, 1.54) is 19.1 Å². The van der Waals surface area contributed by atoms with Gasteiger partial charge < -0.3 is 9.47 Å². The number of ether oxygens (including phenoxy) is 2. The fraction of sp³-hybridized carbons (Fsp3) is 0.333. The summed E-state index contributed by atoms with van der Waals surface area (Å²) in [5, 5.41) is 0. The van der Waals surface area contributed by atoms with Crippen molar-refractivity contribution < 1.29 is 64.6 Å². The minimum atomic E-state index is -6.12. The van der Waals surface area contributed by atoms with Crippen LogP contribution < -0.4 is 4.90 Å². The predicted octanol–water partition coefficient (Wildman–Crippen LogP) is 6.57. The molecule has 3 aromatic rings. The van der Waals surface area contributed by atoms with Gasteiger partial charge in [-0.25, -0.2) is 9.69 Å². The number of imide groups is 2. The number of rotatable bonds is 9.